The van der Waals surface area contributed by atoms with Crippen molar-refractivity contribution in [2.24, 2.45) is 0 Å². The van der Waals surface area contributed by atoms with E-state index in [0.29, 0.717) is 27.5 Å². The Balaban J connectivity index is 2.10. The molecule has 2 N–H and O–H groups in total. The number of hydrogen-bond acceptors (Lipinski definition) is 4. The van der Waals surface area contributed by atoms with Crippen LogP contribution in [-0.4, -0.2) is 22.2 Å². The topological polar surface area (TPSA) is 59.1 Å². The van der Waals surface area contributed by atoms with Crippen LogP contribution < -0.4 is 15.4 Å². The molecule has 2 aromatic rings. The predicted octanol–water partition coefficient (Wildman–Crippen LogP) is 3.26. The molecule has 0 amide bonds. The molecule has 0 aliphatic heterocycles. The Morgan fingerprint density at radius 1 is 1.30 bits per heavy atom. The molecule has 0 saturated carbocycles. The minimum Gasteiger partial charge on any atom is -0.495 e. The smallest absolute Gasteiger partial charge is 0.229 e. The maximum Gasteiger partial charge on any atom is 0.229 e. The molecule has 20 heavy (non-hydrogen) atoms. The summed E-state index contributed by atoms with van der Waals surface area (Å²) in [7, 11) is 1.58. The largest absolute Gasteiger partial charge is 0.495 e. The van der Waals surface area contributed by atoms with Crippen LogP contribution in [0.5, 0.6) is 5.75 Å². The molecule has 0 atom stereocenters. The highest BCUT2D eigenvalue weighted by Crippen LogP contribution is 2.27. The van der Waals surface area contributed by atoms with Gasteiger partial charge in [0, 0.05) is 16.9 Å². The standard InChI is InChI=1S/C13H13ClN4OS/c1-8-5-6-15-12(16-8)18-13(20)17-10-7-9(14)3-4-11(10)19-2/h3-7H,1-2H3,(H2,15,16,17,18,20). The summed E-state index contributed by atoms with van der Waals surface area (Å²) < 4.78 is 5.23. The van der Waals surface area contributed by atoms with Gasteiger partial charge in [-0.1, -0.05) is 11.6 Å². The quantitative estimate of drug-likeness (QED) is 0.849. The number of aryl methyl sites for hydroxylation is 1. The number of rotatable bonds is 3. The molecular weight excluding hydrogens is 296 g/mol. The molecular formula is C13H13ClN4OS. The molecule has 1 heterocycles. The van der Waals surface area contributed by atoms with Gasteiger partial charge in [0.2, 0.25) is 5.95 Å². The Kier molecular flexibility index (Phi) is 4.70. The second kappa shape index (κ2) is 6.49. The van der Waals surface area contributed by atoms with Crippen molar-refractivity contribution in [1.29, 1.82) is 0 Å². The molecule has 0 aliphatic carbocycles. The fraction of sp³-hybridized carbons (Fsp3) is 0.154. The summed E-state index contributed by atoms with van der Waals surface area (Å²) in [6.07, 6.45) is 1.66. The van der Waals surface area contributed by atoms with E-state index < -0.39 is 0 Å². The first kappa shape index (κ1) is 14.5. The number of nitrogens with zero attached hydrogens (tertiary/aromatic N) is 2. The van der Waals surface area contributed by atoms with Gasteiger partial charge in [-0.2, -0.15) is 0 Å². The summed E-state index contributed by atoms with van der Waals surface area (Å²) in [5.41, 5.74) is 1.52. The van der Waals surface area contributed by atoms with E-state index in [0.717, 1.165) is 5.69 Å². The Morgan fingerprint density at radius 2 is 2.10 bits per heavy atom. The molecule has 0 bridgehead atoms. The van der Waals surface area contributed by atoms with E-state index in [1.54, 1.807) is 31.5 Å². The van der Waals surface area contributed by atoms with Crippen molar-refractivity contribution in [3.63, 3.8) is 0 Å². The third-order valence-corrected chi connectivity index (χ3v) is 2.87. The second-order valence-corrected chi connectivity index (χ2v) is 4.79. The van der Waals surface area contributed by atoms with E-state index in [1.165, 1.54) is 0 Å². The molecule has 104 valence electrons. The molecule has 0 unspecified atom stereocenters. The normalized spacial score (nSPS) is 9.95. The first-order valence-corrected chi connectivity index (χ1v) is 6.58. The van der Waals surface area contributed by atoms with Gasteiger partial charge in [0.1, 0.15) is 5.75 Å². The van der Waals surface area contributed by atoms with Crippen LogP contribution in [-0.2, 0) is 0 Å². The van der Waals surface area contributed by atoms with E-state index in [1.807, 2.05) is 13.0 Å². The third-order valence-electron chi connectivity index (χ3n) is 2.43. The van der Waals surface area contributed by atoms with Crippen molar-refractivity contribution < 1.29 is 4.74 Å². The summed E-state index contributed by atoms with van der Waals surface area (Å²) in [5.74, 6) is 1.08. The lowest BCUT2D eigenvalue weighted by atomic mass is 10.3. The van der Waals surface area contributed by atoms with Crippen molar-refractivity contribution >= 4 is 40.6 Å². The Labute approximate surface area is 127 Å². The molecule has 0 fully saturated rings. The number of hydrogen-bond donors (Lipinski definition) is 2. The van der Waals surface area contributed by atoms with E-state index in [9.17, 15) is 0 Å². The number of benzene rings is 1. The number of halogens is 1. The molecule has 0 radical (unpaired) electrons. The highest BCUT2D eigenvalue weighted by Gasteiger charge is 2.07. The number of thiocarbonyl (C=S) groups is 1. The minimum atomic E-state index is 0.358. The zero-order chi connectivity index (χ0) is 14.5. The van der Waals surface area contributed by atoms with E-state index in [4.69, 9.17) is 28.6 Å². The molecule has 2 rings (SSSR count). The first-order chi connectivity index (χ1) is 9.58. The predicted molar refractivity (Wildman–Crippen MR) is 84.6 cm³/mol. The second-order valence-electron chi connectivity index (χ2n) is 3.95. The number of methoxy groups -OCH3 is 1. The van der Waals surface area contributed by atoms with E-state index >= 15 is 0 Å². The molecule has 1 aromatic heterocycles. The van der Waals surface area contributed by atoms with E-state index in [-0.39, 0.29) is 0 Å². The molecule has 5 nitrogen and oxygen atoms in total. The Morgan fingerprint density at radius 3 is 2.80 bits per heavy atom. The fourth-order valence-electron chi connectivity index (χ4n) is 1.54. The summed E-state index contributed by atoms with van der Waals surface area (Å²) in [5, 5.41) is 6.85. The summed E-state index contributed by atoms with van der Waals surface area (Å²) in [4.78, 5) is 8.28. The van der Waals surface area contributed by atoms with E-state index in [2.05, 4.69) is 20.6 Å². The first-order valence-electron chi connectivity index (χ1n) is 5.79. The van der Waals surface area contributed by atoms with Gasteiger partial charge in [-0.25, -0.2) is 9.97 Å². The summed E-state index contributed by atoms with van der Waals surface area (Å²) >= 11 is 11.2. The molecule has 1 aromatic carbocycles. The molecule has 7 heteroatoms. The molecule has 0 saturated heterocycles. The average Bonchev–Trinajstić information content (AvgIpc) is 2.38. The number of ether oxygens (including phenoxy) is 1. The van der Waals surface area contributed by atoms with Gasteiger partial charge in [-0.15, -0.1) is 0 Å². The van der Waals surface area contributed by atoms with Crippen LogP contribution in [0.3, 0.4) is 0 Å². The van der Waals surface area contributed by atoms with Crippen LogP contribution in [0.25, 0.3) is 0 Å². The van der Waals surface area contributed by atoms with Gasteiger partial charge in [0.25, 0.3) is 0 Å². The van der Waals surface area contributed by atoms with Crippen LogP contribution >= 0.6 is 23.8 Å². The van der Waals surface area contributed by atoms with Gasteiger partial charge in [0.05, 0.1) is 12.8 Å². The lowest BCUT2D eigenvalue weighted by Crippen LogP contribution is -2.21. The SMILES string of the molecule is COc1ccc(Cl)cc1NC(=S)Nc1nccc(C)n1. The lowest BCUT2D eigenvalue weighted by molar-refractivity contribution is 0.417. The van der Waals surface area contributed by atoms with Gasteiger partial charge in [-0.3, -0.25) is 0 Å². The van der Waals surface area contributed by atoms with Crippen molar-refractivity contribution in [1.82, 2.24) is 9.97 Å². The zero-order valence-electron chi connectivity index (χ0n) is 11.0. The third kappa shape index (κ3) is 3.79. The Hall–Kier alpha value is -1.92. The fourth-order valence-corrected chi connectivity index (χ4v) is 1.92. The summed E-state index contributed by atoms with van der Waals surface area (Å²) in [6.45, 7) is 1.88. The lowest BCUT2D eigenvalue weighted by Gasteiger charge is -2.13. The number of anilines is 2. The highest BCUT2D eigenvalue weighted by molar-refractivity contribution is 7.80. The van der Waals surface area contributed by atoms with Crippen LogP contribution in [0.1, 0.15) is 5.69 Å². The van der Waals surface area contributed by atoms with Crippen LogP contribution in [0, 0.1) is 6.92 Å². The van der Waals surface area contributed by atoms with Crippen molar-refractivity contribution in [3.8, 4) is 5.75 Å². The van der Waals surface area contributed by atoms with Crippen molar-refractivity contribution in [3.05, 3.63) is 41.2 Å². The molecule has 0 spiro atoms. The van der Waals surface area contributed by atoms with Gasteiger partial charge in [0.15, 0.2) is 5.11 Å². The van der Waals surface area contributed by atoms with Crippen LogP contribution in [0.15, 0.2) is 30.5 Å². The molecule has 0 aliphatic rings. The monoisotopic (exact) mass is 308 g/mol. The Bertz CT molecular complexity index is 636. The number of aromatic nitrogens is 2. The van der Waals surface area contributed by atoms with Gasteiger partial charge < -0.3 is 15.4 Å². The van der Waals surface area contributed by atoms with Gasteiger partial charge in [-0.05, 0) is 43.4 Å². The zero-order valence-corrected chi connectivity index (χ0v) is 12.5. The highest BCUT2D eigenvalue weighted by atomic mass is 35.5. The maximum atomic E-state index is 5.95. The number of nitrogens with one attached hydrogen (secondary N) is 2. The maximum absolute atomic E-state index is 5.95. The summed E-state index contributed by atoms with van der Waals surface area (Å²) in [6, 6.07) is 7.04. The minimum absolute atomic E-state index is 0.358. The van der Waals surface area contributed by atoms with Crippen molar-refractivity contribution in [2.75, 3.05) is 17.7 Å². The van der Waals surface area contributed by atoms with Crippen LogP contribution in [0.4, 0.5) is 11.6 Å². The van der Waals surface area contributed by atoms with Gasteiger partial charge >= 0.3 is 0 Å². The van der Waals surface area contributed by atoms with Crippen LogP contribution in [0.2, 0.25) is 5.02 Å². The van der Waals surface area contributed by atoms with Crippen molar-refractivity contribution in [2.45, 2.75) is 6.92 Å². The average molecular weight is 309 g/mol.